The minimum Gasteiger partial charge on any atom is -0.309 e. The normalized spacial score (nSPS) is 11.9. The van der Waals surface area contributed by atoms with Gasteiger partial charge in [0.25, 0.3) is 0 Å². The Morgan fingerprint density at radius 2 is 2.16 bits per heavy atom. The lowest BCUT2D eigenvalue weighted by molar-refractivity contribution is -0.113. The van der Waals surface area contributed by atoms with Crippen LogP contribution in [0.2, 0.25) is 0 Å². The first kappa shape index (κ1) is 16.5. The van der Waals surface area contributed by atoms with Crippen molar-refractivity contribution < 1.29 is 4.79 Å². The molecule has 1 aromatic rings. The second-order valence-corrected chi connectivity index (χ2v) is 7.66. The van der Waals surface area contributed by atoms with Crippen molar-refractivity contribution in [2.24, 2.45) is 0 Å². The van der Waals surface area contributed by atoms with Crippen LogP contribution < -0.4 is 5.32 Å². The third kappa shape index (κ3) is 6.40. The highest BCUT2D eigenvalue weighted by atomic mass is 32.2. The van der Waals surface area contributed by atoms with Crippen molar-refractivity contribution in [3.63, 3.8) is 0 Å². The molecule has 0 aromatic carbocycles. The standard InChI is InChI=1S/C13H23N3OS2/c1-13(2,3)10-8-19-12(14-10)15-11(17)9-18-7-6-16(4)5/h8H,6-7,9H2,1-5H3,(H,14,15,17). The predicted octanol–water partition coefficient (Wildman–Crippen LogP) is 2.67. The van der Waals surface area contributed by atoms with E-state index in [1.54, 1.807) is 11.8 Å². The van der Waals surface area contributed by atoms with Crippen molar-refractivity contribution in [2.75, 3.05) is 37.5 Å². The Balaban J connectivity index is 2.34. The van der Waals surface area contributed by atoms with Gasteiger partial charge in [-0.15, -0.1) is 11.3 Å². The monoisotopic (exact) mass is 301 g/mol. The smallest absolute Gasteiger partial charge is 0.236 e. The van der Waals surface area contributed by atoms with Crippen LogP contribution in [0, 0.1) is 0 Å². The summed E-state index contributed by atoms with van der Waals surface area (Å²) in [5.41, 5.74) is 1.05. The summed E-state index contributed by atoms with van der Waals surface area (Å²) < 4.78 is 0. The SMILES string of the molecule is CN(C)CCSCC(=O)Nc1nc(C(C)(C)C)cs1. The third-order valence-electron chi connectivity index (χ3n) is 2.43. The summed E-state index contributed by atoms with van der Waals surface area (Å²) in [6.45, 7) is 7.34. The van der Waals surface area contributed by atoms with E-state index in [1.807, 2.05) is 19.5 Å². The van der Waals surface area contributed by atoms with Gasteiger partial charge in [-0.3, -0.25) is 4.79 Å². The average Bonchev–Trinajstić information content (AvgIpc) is 2.72. The number of thioether (sulfide) groups is 1. The van der Waals surface area contributed by atoms with Gasteiger partial charge >= 0.3 is 0 Å². The van der Waals surface area contributed by atoms with Gasteiger partial charge in [0, 0.05) is 23.1 Å². The minimum atomic E-state index is 0.0264. The van der Waals surface area contributed by atoms with E-state index in [-0.39, 0.29) is 11.3 Å². The zero-order valence-corrected chi connectivity index (χ0v) is 14.0. The van der Waals surface area contributed by atoms with Gasteiger partial charge in [-0.2, -0.15) is 11.8 Å². The molecular weight excluding hydrogens is 278 g/mol. The summed E-state index contributed by atoms with van der Waals surface area (Å²) in [5.74, 6) is 1.47. The molecule has 0 aliphatic carbocycles. The fourth-order valence-corrected chi connectivity index (χ4v) is 3.09. The first-order valence-electron chi connectivity index (χ1n) is 6.27. The molecule has 0 fully saturated rings. The highest BCUT2D eigenvalue weighted by Gasteiger charge is 2.18. The molecule has 0 saturated heterocycles. The minimum absolute atomic E-state index is 0.0264. The van der Waals surface area contributed by atoms with E-state index >= 15 is 0 Å². The van der Waals surface area contributed by atoms with Gasteiger partial charge in [-0.1, -0.05) is 20.8 Å². The van der Waals surface area contributed by atoms with Crippen molar-refractivity contribution in [2.45, 2.75) is 26.2 Å². The van der Waals surface area contributed by atoms with Crippen LogP contribution in [-0.4, -0.2) is 47.9 Å². The fraction of sp³-hybridized carbons (Fsp3) is 0.692. The van der Waals surface area contributed by atoms with Crippen LogP contribution >= 0.6 is 23.1 Å². The molecule has 1 amide bonds. The number of hydrogen-bond donors (Lipinski definition) is 1. The van der Waals surface area contributed by atoms with Crippen LogP contribution in [0.4, 0.5) is 5.13 Å². The quantitative estimate of drug-likeness (QED) is 0.821. The Morgan fingerprint density at radius 1 is 1.47 bits per heavy atom. The van der Waals surface area contributed by atoms with Gasteiger partial charge in [0.05, 0.1) is 11.4 Å². The third-order valence-corrected chi connectivity index (χ3v) is 4.13. The molecule has 0 radical (unpaired) electrons. The zero-order valence-electron chi connectivity index (χ0n) is 12.3. The molecule has 0 aliphatic heterocycles. The number of amides is 1. The van der Waals surface area contributed by atoms with E-state index < -0.39 is 0 Å². The maximum Gasteiger partial charge on any atom is 0.236 e. The van der Waals surface area contributed by atoms with Gasteiger partial charge in [-0.05, 0) is 14.1 Å². The number of hydrogen-bond acceptors (Lipinski definition) is 5. The number of nitrogens with zero attached hydrogens (tertiary/aromatic N) is 2. The molecule has 0 spiro atoms. The highest BCUT2D eigenvalue weighted by molar-refractivity contribution is 7.99. The molecule has 6 heteroatoms. The van der Waals surface area contributed by atoms with Crippen molar-refractivity contribution in [1.82, 2.24) is 9.88 Å². The molecule has 1 heterocycles. The van der Waals surface area contributed by atoms with E-state index in [2.05, 4.69) is 36.0 Å². The number of anilines is 1. The number of carbonyl (C=O) groups is 1. The number of carbonyl (C=O) groups excluding carboxylic acids is 1. The molecule has 0 saturated carbocycles. The second-order valence-electron chi connectivity index (χ2n) is 5.69. The molecule has 0 atom stereocenters. The molecule has 1 aromatic heterocycles. The first-order valence-corrected chi connectivity index (χ1v) is 8.31. The van der Waals surface area contributed by atoms with Gasteiger partial charge < -0.3 is 10.2 Å². The molecule has 1 rings (SSSR count). The van der Waals surface area contributed by atoms with Crippen LogP contribution in [-0.2, 0) is 10.2 Å². The molecule has 108 valence electrons. The molecule has 19 heavy (non-hydrogen) atoms. The van der Waals surface area contributed by atoms with E-state index in [1.165, 1.54) is 11.3 Å². The summed E-state index contributed by atoms with van der Waals surface area (Å²) in [6, 6.07) is 0. The average molecular weight is 301 g/mol. The van der Waals surface area contributed by atoms with Gasteiger partial charge in [0.1, 0.15) is 0 Å². The second kappa shape index (κ2) is 7.26. The van der Waals surface area contributed by atoms with E-state index in [0.29, 0.717) is 10.9 Å². The lowest BCUT2D eigenvalue weighted by atomic mass is 9.93. The van der Waals surface area contributed by atoms with Crippen LogP contribution in [0.5, 0.6) is 0 Å². The Labute approximate surface area is 124 Å². The lowest BCUT2D eigenvalue weighted by Crippen LogP contribution is -2.18. The summed E-state index contributed by atoms with van der Waals surface area (Å²) >= 11 is 3.13. The first-order chi connectivity index (χ1) is 8.79. The molecule has 1 N–H and O–H groups in total. The lowest BCUT2D eigenvalue weighted by Gasteiger charge is -2.14. The number of rotatable bonds is 6. The van der Waals surface area contributed by atoms with Crippen LogP contribution in [0.25, 0.3) is 0 Å². The van der Waals surface area contributed by atoms with Crippen LogP contribution in [0.3, 0.4) is 0 Å². The Bertz CT molecular complexity index is 410. The fourth-order valence-electron chi connectivity index (χ4n) is 1.24. The highest BCUT2D eigenvalue weighted by Crippen LogP contribution is 2.26. The molecular formula is C13H23N3OS2. The van der Waals surface area contributed by atoms with E-state index in [9.17, 15) is 4.79 Å². The van der Waals surface area contributed by atoms with Crippen LogP contribution in [0.1, 0.15) is 26.5 Å². The maximum atomic E-state index is 11.7. The van der Waals surface area contributed by atoms with Crippen molar-refractivity contribution in [3.05, 3.63) is 11.1 Å². The van der Waals surface area contributed by atoms with Crippen LogP contribution in [0.15, 0.2) is 5.38 Å². The van der Waals surface area contributed by atoms with Crippen molar-refractivity contribution >= 4 is 34.1 Å². The summed E-state index contributed by atoms with van der Waals surface area (Å²) in [5, 5.41) is 5.56. The largest absolute Gasteiger partial charge is 0.309 e. The molecule has 0 unspecified atom stereocenters. The number of nitrogens with one attached hydrogen (secondary N) is 1. The maximum absolute atomic E-state index is 11.7. The van der Waals surface area contributed by atoms with Gasteiger partial charge in [-0.25, -0.2) is 4.98 Å². The topological polar surface area (TPSA) is 45.2 Å². The summed E-state index contributed by atoms with van der Waals surface area (Å²) in [7, 11) is 4.06. The summed E-state index contributed by atoms with van der Waals surface area (Å²) in [6.07, 6.45) is 0. The molecule has 0 aliphatic rings. The predicted molar refractivity (Wildman–Crippen MR) is 85.3 cm³/mol. The zero-order chi connectivity index (χ0) is 14.5. The van der Waals surface area contributed by atoms with E-state index in [4.69, 9.17) is 0 Å². The Hall–Kier alpha value is -0.590. The number of aromatic nitrogens is 1. The Morgan fingerprint density at radius 3 is 2.68 bits per heavy atom. The molecule has 0 bridgehead atoms. The Kier molecular flexibility index (Phi) is 6.29. The van der Waals surface area contributed by atoms with Gasteiger partial charge in [0.2, 0.25) is 5.91 Å². The van der Waals surface area contributed by atoms with Crippen molar-refractivity contribution in [1.29, 1.82) is 0 Å². The summed E-state index contributed by atoms with van der Waals surface area (Å²) in [4.78, 5) is 18.3. The van der Waals surface area contributed by atoms with Crippen molar-refractivity contribution in [3.8, 4) is 0 Å². The van der Waals surface area contributed by atoms with Gasteiger partial charge in [0.15, 0.2) is 5.13 Å². The number of thiazole rings is 1. The van der Waals surface area contributed by atoms with E-state index in [0.717, 1.165) is 18.0 Å². The molecule has 4 nitrogen and oxygen atoms in total.